The molecule has 0 saturated carbocycles. The van der Waals surface area contributed by atoms with Crippen LogP contribution in [0.3, 0.4) is 0 Å². The number of rotatable bonds is 0. The van der Waals surface area contributed by atoms with Crippen LogP contribution in [0.2, 0.25) is 33.9 Å². The van der Waals surface area contributed by atoms with Crippen molar-refractivity contribution < 1.29 is 88.1 Å². The van der Waals surface area contributed by atoms with Gasteiger partial charge in [0, 0.05) is 1.43 Å². The second-order valence-electron chi connectivity index (χ2n) is 0. The molecule has 0 aromatic rings. The molecule has 196 valence electrons. The molecule has 72 N–H and O–H groups in total. The first-order valence-corrected chi connectivity index (χ1v) is 0. The zero-order valence-electron chi connectivity index (χ0n) is 39.9. The van der Waals surface area contributed by atoms with Gasteiger partial charge in [0.05, 0.1) is 0 Å². The minimum absolute atomic E-state index is 0. The maximum Gasteiger partial charge on any atom is 1.00 e. The molecule has 0 aliphatic heterocycles. The van der Waals surface area contributed by atoms with E-state index in [1.165, 1.54) is 0 Å². The van der Waals surface area contributed by atoms with Gasteiger partial charge in [-0.2, -0.15) is 0 Å². The Bertz CT molecular complexity index is 57.0. The van der Waals surface area contributed by atoms with Crippen LogP contribution in [-0.2, 0) is 0 Å². The molecule has 0 unspecified atom stereocenters. The summed E-state index contributed by atoms with van der Waals surface area (Å²) in [6.07, 6.45) is 90.0. The van der Waals surface area contributed by atoms with Crippen molar-refractivity contribution >= 4 is 0 Å². The second kappa shape index (κ2) is 30200. The van der Waals surface area contributed by atoms with E-state index in [0.717, 1.165) is 0 Å². The van der Waals surface area contributed by atoms with Crippen LogP contribution in [0.15, 0.2) is 0 Å². The van der Waals surface area contributed by atoms with Crippen molar-refractivity contribution in [3.05, 3.63) is 0 Å². The number of hydrogen-bond acceptors (Lipinski definition) is 24. The molecular weight excluding hydrogens is 375 g/mol. The zero-order valence-corrected chi connectivity index (χ0v) is 18.0. The summed E-state index contributed by atoms with van der Waals surface area (Å²) in [5, 5.41) is 0. The van der Waals surface area contributed by atoms with Crippen LogP contribution in [0.4, 0.5) is 0 Å². The summed E-state index contributed by atoms with van der Waals surface area (Å²) in [6, 6.07) is 0. The third-order valence-corrected chi connectivity index (χ3v) is 0. The predicted molar refractivity (Wildman–Crippen MR) is 124 cm³/mol. The van der Waals surface area contributed by atoms with Crippen LogP contribution in [0.1, 0.15) is 2.85 Å². The third kappa shape index (κ3) is 27700. The Morgan fingerprint density at radius 3 is 0.240 bits per heavy atom. The smallest absolute Gasteiger partial charge is 1.00 e. The Morgan fingerprint density at radius 1 is 0.240 bits per heavy atom. The van der Waals surface area contributed by atoms with Crippen molar-refractivity contribution in [2.45, 2.75) is 0 Å². The SMILES string of the molecule is [2H]N.[2H]N.[2H]N.[2H]N.[2H]N.[2H]N.[2H]N.[2H]N.[2H]N.[2H]N.[2H]N.[2H]N.[2H]N.[2H]N.[2H]N.[2H]N.[2H]N.[2H]N.[2H]N.[2H]N.[2H]N.[2H]N.[2H]N.[2H]N.[H-].[HH].[K+]. The van der Waals surface area contributed by atoms with E-state index in [0.29, 0.717) is 0 Å². The van der Waals surface area contributed by atoms with Gasteiger partial charge in [-0.25, -0.2) is 0 Å². The fourth-order valence-corrected chi connectivity index (χ4v) is 0. The van der Waals surface area contributed by atoms with E-state index in [-0.39, 0.29) is 54.2 Å². The normalized spacial score (nSPS) is 6.72. The van der Waals surface area contributed by atoms with Crippen LogP contribution in [0.5, 0.6) is 0 Å². The van der Waals surface area contributed by atoms with Crippen molar-refractivity contribution in [3.63, 3.8) is 0 Å². The van der Waals surface area contributed by atoms with Crippen molar-refractivity contribution in [1.29, 1.82) is 0 Å². The zero-order chi connectivity index (χ0) is 48.0. The molecule has 0 aromatic carbocycles. The molecule has 25 heteroatoms. The summed E-state index contributed by atoms with van der Waals surface area (Å²) in [5.74, 6) is 0. The molecule has 0 amide bonds. The first-order chi connectivity index (χ1) is 24.0. The predicted octanol–water partition coefficient (Wildman–Crippen LogP) is 1.25. The van der Waals surface area contributed by atoms with E-state index in [1.54, 1.807) is 0 Å². The Kier molecular flexibility index (Phi) is 31100. The fraction of sp³-hybridized carbons (Fsp3) is 0. The maximum absolute atomic E-state index is 5.25. The van der Waals surface area contributed by atoms with Gasteiger partial charge < -0.3 is 149 Å². The molecule has 0 aliphatic rings. The molecule has 0 aromatic heterocycles. The first kappa shape index (κ1) is 25.7. The third-order valence-electron chi connectivity index (χ3n) is 0. The van der Waals surface area contributed by atoms with E-state index < -0.39 is 0 Å². The average Bonchev–Trinajstić information content (AvgIpc) is 3.34. The summed E-state index contributed by atoms with van der Waals surface area (Å²) in [5.41, 5.74) is 0. The minimum atomic E-state index is 0. The maximum atomic E-state index is 5.25. The van der Waals surface area contributed by atoms with Crippen LogP contribution in [0, 0.1) is 0 Å². The molecule has 0 rings (SSSR count). The van der Waals surface area contributed by atoms with Gasteiger partial charge in [0.1, 0.15) is 33.9 Å². The topological polar surface area (TPSA) is 840 Å². The Labute approximate surface area is 236 Å². The molecule has 0 bridgehead atoms. The summed E-state index contributed by atoms with van der Waals surface area (Å²) in [4.78, 5) is 0. The monoisotopic (exact) mass is 475 g/mol. The van der Waals surface area contributed by atoms with Gasteiger partial charge in [-0.15, -0.1) is 0 Å². The summed E-state index contributed by atoms with van der Waals surface area (Å²) in [6.45, 7) is 0. The summed E-state index contributed by atoms with van der Waals surface area (Å²) in [7, 11) is 0. The number of hydrogen-bond donors (Lipinski definition) is 24. The van der Waals surface area contributed by atoms with Crippen LogP contribution in [0.25, 0.3) is 0 Å². The van der Waals surface area contributed by atoms with Crippen LogP contribution in [-0.4, -0.2) is 0 Å². The van der Waals surface area contributed by atoms with E-state index in [9.17, 15) is 0 Å². The Morgan fingerprint density at radius 2 is 0.240 bits per heavy atom. The van der Waals surface area contributed by atoms with Gasteiger partial charge in [0.15, 0.2) is 0 Å². The van der Waals surface area contributed by atoms with Crippen molar-refractivity contribution in [3.8, 4) is 0 Å². The van der Waals surface area contributed by atoms with Gasteiger partial charge in [0.2, 0.25) is 0 Å². The summed E-state index contributed by atoms with van der Waals surface area (Å²) >= 11 is 0. The van der Waals surface area contributed by atoms with E-state index >= 15 is 0 Å². The van der Waals surface area contributed by atoms with Gasteiger partial charge in [0.25, 0.3) is 0 Å². The quantitative estimate of drug-likeness (QED) is 0.219. The van der Waals surface area contributed by atoms with E-state index in [1.807, 2.05) is 0 Å². The average molecular weight is 475 g/mol. The molecule has 0 radical (unpaired) electrons. The van der Waals surface area contributed by atoms with E-state index in [2.05, 4.69) is 147 Å². The fourth-order valence-electron chi connectivity index (χ4n) is 0. The molecule has 25 heavy (non-hydrogen) atoms. The molecule has 0 spiro atoms. The Hall–Kier alpha value is 0.676. The molecule has 24 nitrogen and oxygen atoms in total. The van der Waals surface area contributed by atoms with Gasteiger partial charge in [-0.3, -0.25) is 0 Å². The Balaban J connectivity index is -0.00000000470. The summed E-state index contributed by atoms with van der Waals surface area (Å²) < 4.78 is 126. The largest absolute Gasteiger partial charge is 1.00 e. The molecule has 0 fully saturated rings. The van der Waals surface area contributed by atoms with Crippen LogP contribution < -0.4 is 199 Å². The van der Waals surface area contributed by atoms with Gasteiger partial charge >= 0.3 is 51.4 Å². The molecule has 0 saturated heterocycles. The van der Waals surface area contributed by atoms with Crippen LogP contribution >= 0.6 is 0 Å². The minimum Gasteiger partial charge on any atom is -1.00 e. The van der Waals surface area contributed by atoms with Gasteiger partial charge in [-0.05, 0) is 0 Å². The van der Waals surface area contributed by atoms with Crippen molar-refractivity contribution in [2.75, 3.05) is 0 Å². The standard InChI is InChI=1S/K.24H3N.H2.H/h;24*1H3;1H;/q+1;;;;;;;;;;;;;;;;;;;;;;;;;;-1/i/hD24. The second-order valence-corrected chi connectivity index (χ2v) is 0. The van der Waals surface area contributed by atoms with Crippen molar-refractivity contribution in [2.24, 2.45) is 0 Å². The van der Waals surface area contributed by atoms with E-state index in [4.69, 9.17) is 33.9 Å². The molecular formula is H75KN24. The molecule has 0 heterocycles. The first-order valence-electron chi connectivity index (χ1n) is 13.9. The molecule has 0 aliphatic carbocycles. The van der Waals surface area contributed by atoms with Crippen molar-refractivity contribution in [1.82, 2.24) is 147 Å². The molecule has 0 atom stereocenters. The van der Waals surface area contributed by atoms with Gasteiger partial charge in [-0.1, -0.05) is 0 Å².